The molecule has 4 nitrogen and oxygen atoms in total. The molecule has 0 heterocycles. The molecule has 84 valence electrons. The van der Waals surface area contributed by atoms with E-state index >= 15 is 0 Å². The molecule has 0 bridgehead atoms. The molecule has 0 radical (unpaired) electrons. The normalized spacial score (nSPS) is 11.6. The lowest BCUT2D eigenvalue weighted by Gasteiger charge is -2.07. The molecule has 0 amide bonds. The number of phenolic OH excluding ortho intramolecular Hbond substituents is 1. The number of carbonyl (C=O) groups is 1. The minimum absolute atomic E-state index is 0.0444. The first-order valence-corrected chi connectivity index (χ1v) is 4.64. The quantitative estimate of drug-likeness (QED) is 0.480. The summed E-state index contributed by atoms with van der Waals surface area (Å²) in [5.41, 5.74) is 1.74. The fraction of sp³-hybridized carbons (Fsp3) is 0.167. The van der Waals surface area contributed by atoms with Gasteiger partial charge in [0.05, 0.1) is 12.7 Å². The number of aromatic hydroxyl groups is 1. The molecule has 0 spiro atoms. The van der Waals surface area contributed by atoms with Gasteiger partial charge in [0, 0.05) is 5.57 Å². The number of nitrogens with zero attached hydrogens (tertiary/aromatic N) is 1. The third-order valence-corrected chi connectivity index (χ3v) is 2.25. The van der Waals surface area contributed by atoms with Gasteiger partial charge in [0.25, 0.3) is 0 Å². The van der Waals surface area contributed by atoms with Crippen LogP contribution in [0.2, 0.25) is 0 Å². The highest BCUT2D eigenvalue weighted by Gasteiger charge is 2.07. The van der Waals surface area contributed by atoms with Crippen LogP contribution in [0.3, 0.4) is 0 Å². The molecule has 0 aliphatic carbocycles. The molecule has 0 aromatic heterocycles. The summed E-state index contributed by atoms with van der Waals surface area (Å²) in [6.07, 6.45) is 0.597. The maximum absolute atomic E-state index is 10.7. The van der Waals surface area contributed by atoms with Crippen LogP contribution in [0.15, 0.2) is 29.1 Å². The van der Waals surface area contributed by atoms with Crippen LogP contribution in [0.25, 0.3) is 5.57 Å². The fourth-order valence-corrected chi connectivity index (χ4v) is 1.34. The van der Waals surface area contributed by atoms with Gasteiger partial charge in [0.1, 0.15) is 5.75 Å². The van der Waals surface area contributed by atoms with E-state index in [1.165, 1.54) is 13.2 Å². The molecule has 0 aliphatic rings. The van der Waals surface area contributed by atoms with Crippen LogP contribution in [0, 0.1) is 0 Å². The van der Waals surface area contributed by atoms with E-state index < -0.39 is 0 Å². The number of aldehydes is 1. The number of phenols is 1. The number of hydrogen-bond acceptors (Lipinski definition) is 4. The summed E-state index contributed by atoms with van der Waals surface area (Å²) in [4.78, 5) is 14.4. The largest absolute Gasteiger partial charge is 0.507 e. The first kappa shape index (κ1) is 12.0. The summed E-state index contributed by atoms with van der Waals surface area (Å²) in [5.74, 6) is 0.347. The van der Waals surface area contributed by atoms with Gasteiger partial charge in [-0.15, -0.1) is 0 Å². The second-order valence-corrected chi connectivity index (χ2v) is 3.18. The molecule has 0 atom stereocenters. The summed E-state index contributed by atoms with van der Waals surface area (Å²) in [6, 6.07) is 4.71. The highest BCUT2D eigenvalue weighted by molar-refractivity contribution is 5.82. The van der Waals surface area contributed by atoms with Gasteiger partial charge in [-0.2, -0.15) is 0 Å². The summed E-state index contributed by atoms with van der Waals surface area (Å²) >= 11 is 0. The zero-order valence-electron chi connectivity index (χ0n) is 9.23. The van der Waals surface area contributed by atoms with Crippen LogP contribution in [-0.2, 0) is 4.74 Å². The number of rotatable bonds is 4. The number of aliphatic imine (C=N–C) groups is 1. The average molecular weight is 219 g/mol. The molecule has 4 heteroatoms. The van der Waals surface area contributed by atoms with Gasteiger partial charge in [-0.1, -0.05) is 6.07 Å². The Bertz CT molecular complexity index is 450. The molecule has 0 aliphatic heterocycles. The third kappa shape index (κ3) is 2.28. The highest BCUT2D eigenvalue weighted by Crippen LogP contribution is 2.24. The monoisotopic (exact) mass is 219 g/mol. The number of hydrogen-bond donors (Lipinski definition) is 1. The Morgan fingerprint density at radius 3 is 2.75 bits per heavy atom. The van der Waals surface area contributed by atoms with E-state index in [1.807, 2.05) is 0 Å². The lowest BCUT2D eigenvalue weighted by molar-refractivity contribution is 0.112. The Kier molecular flexibility index (Phi) is 3.83. The van der Waals surface area contributed by atoms with Crippen molar-refractivity contribution in [3.63, 3.8) is 0 Å². The van der Waals surface area contributed by atoms with Gasteiger partial charge in [0.2, 0.25) is 5.88 Å². The predicted octanol–water partition coefficient (Wildman–Crippen LogP) is 2.24. The van der Waals surface area contributed by atoms with Gasteiger partial charge in [-0.05, 0) is 31.3 Å². The standard InChI is InChI=1S/C12H13NO3/c1-8(12(13-2)16-3)9-4-5-11(15)10(6-9)7-14/h4-7,15H,2H2,1,3H3/b12-8-. The maximum atomic E-state index is 10.7. The zero-order chi connectivity index (χ0) is 12.1. The molecule has 0 saturated carbocycles. The number of ether oxygens (including phenoxy) is 1. The van der Waals surface area contributed by atoms with E-state index in [1.54, 1.807) is 19.1 Å². The van der Waals surface area contributed by atoms with E-state index in [-0.39, 0.29) is 11.3 Å². The molecule has 1 N–H and O–H groups in total. The van der Waals surface area contributed by atoms with E-state index in [2.05, 4.69) is 11.7 Å². The number of methoxy groups -OCH3 is 1. The van der Waals surface area contributed by atoms with Crippen molar-refractivity contribution in [2.24, 2.45) is 4.99 Å². The van der Waals surface area contributed by atoms with Gasteiger partial charge < -0.3 is 9.84 Å². The third-order valence-electron chi connectivity index (χ3n) is 2.25. The average Bonchev–Trinajstić information content (AvgIpc) is 2.31. The summed E-state index contributed by atoms with van der Waals surface area (Å²) in [7, 11) is 1.49. The molecule has 16 heavy (non-hydrogen) atoms. The number of carbonyl (C=O) groups excluding carboxylic acids is 1. The first-order chi connectivity index (χ1) is 7.63. The number of allylic oxidation sites excluding steroid dienone is 1. The topological polar surface area (TPSA) is 58.9 Å². The summed E-state index contributed by atoms with van der Waals surface area (Å²) < 4.78 is 5.02. The van der Waals surface area contributed by atoms with Crippen molar-refractivity contribution in [2.75, 3.05) is 7.11 Å². The van der Waals surface area contributed by atoms with Crippen molar-refractivity contribution in [1.29, 1.82) is 0 Å². The molecular weight excluding hydrogens is 206 g/mol. The summed E-state index contributed by atoms with van der Waals surface area (Å²) in [5, 5.41) is 9.36. The second-order valence-electron chi connectivity index (χ2n) is 3.18. The fourth-order valence-electron chi connectivity index (χ4n) is 1.34. The van der Waals surface area contributed by atoms with E-state index in [4.69, 9.17) is 4.74 Å². The highest BCUT2D eigenvalue weighted by atomic mass is 16.5. The molecule has 0 unspecified atom stereocenters. The molecule has 1 aromatic carbocycles. The van der Waals surface area contributed by atoms with Gasteiger partial charge in [0.15, 0.2) is 6.29 Å². The van der Waals surface area contributed by atoms with Crippen LogP contribution < -0.4 is 0 Å². The summed E-state index contributed by atoms with van der Waals surface area (Å²) in [6.45, 7) is 5.19. The molecule has 1 aromatic rings. The Hall–Kier alpha value is -2.10. The zero-order valence-corrected chi connectivity index (χ0v) is 9.23. The van der Waals surface area contributed by atoms with Gasteiger partial charge in [-0.25, -0.2) is 4.99 Å². The van der Waals surface area contributed by atoms with E-state index in [0.717, 1.165) is 11.1 Å². The Labute approximate surface area is 93.9 Å². The minimum Gasteiger partial charge on any atom is -0.507 e. The molecule has 1 rings (SSSR count). The van der Waals surface area contributed by atoms with Crippen molar-refractivity contribution < 1.29 is 14.6 Å². The van der Waals surface area contributed by atoms with Crippen molar-refractivity contribution in [3.05, 3.63) is 35.2 Å². The van der Waals surface area contributed by atoms with E-state index in [0.29, 0.717) is 12.2 Å². The SMILES string of the molecule is C=N/C(OC)=C(\C)c1ccc(O)c(C=O)c1. The van der Waals surface area contributed by atoms with E-state index in [9.17, 15) is 9.90 Å². The lowest BCUT2D eigenvalue weighted by atomic mass is 10.0. The van der Waals surface area contributed by atoms with Crippen LogP contribution >= 0.6 is 0 Å². The second kappa shape index (κ2) is 5.11. The lowest BCUT2D eigenvalue weighted by Crippen LogP contribution is -1.91. The van der Waals surface area contributed by atoms with Crippen molar-refractivity contribution in [1.82, 2.24) is 0 Å². The van der Waals surface area contributed by atoms with Crippen molar-refractivity contribution in [2.45, 2.75) is 6.92 Å². The molecular formula is C12H13NO3. The van der Waals surface area contributed by atoms with Gasteiger partial charge in [-0.3, -0.25) is 4.79 Å². The molecule has 0 fully saturated rings. The van der Waals surface area contributed by atoms with Crippen molar-refractivity contribution in [3.8, 4) is 5.75 Å². The predicted molar refractivity (Wildman–Crippen MR) is 62.6 cm³/mol. The first-order valence-electron chi connectivity index (χ1n) is 4.64. The van der Waals surface area contributed by atoms with Crippen molar-refractivity contribution >= 4 is 18.6 Å². The smallest absolute Gasteiger partial charge is 0.215 e. The van der Waals surface area contributed by atoms with Crippen LogP contribution in [0.1, 0.15) is 22.8 Å². The Balaban J connectivity index is 3.29. The van der Waals surface area contributed by atoms with Crippen LogP contribution in [-0.4, -0.2) is 25.2 Å². The maximum Gasteiger partial charge on any atom is 0.215 e. The Morgan fingerprint density at radius 2 is 2.25 bits per heavy atom. The minimum atomic E-state index is -0.0444. The van der Waals surface area contributed by atoms with Crippen LogP contribution in [0.4, 0.5) is 0 Å². The number of benzene rings is 1. The van der Waals surface area contributed by atoms with Crippen LogP contribution in [0.5, 0.6) is 5.75 Å². The molecule has 0 saturated heterocycles. The Morgan fingerprint density at radius 1 is 1.56 bits per heavy atom. The van der Waals surface area contributed by atoms with Gasteiger partial charge >= 0.3 is 0 Å².